The van der Waals surface area contributed by atoms with Crippen LogP contribution in [0.4, 0.5) is 17.3 Å². The molecule has 37 heavy (non-hydrogen) atoms. The number of aryl methyl sites for hydroxylation is 2. The van der Waals surface area contributed by atoms with Crippen molar-refractivity contribution in [2.45, 2.75) is 20.4 Å². The first-order valence-corrected chi connectivity index (χ1v) is 12.5. The topological polar surface area (TPSA) is 84.3 Å². The van der Waals surface area contributed by atoms with E-state index in [4.69, 9.17) is 21.3 Å². The summed E-state index contributed by atoms with van der Waals surface area (Å²) in [5.41, 5.74) is 6.05. The van der Waals surface area contributed by atoms with E-state index in [-0.39, 0.29) is 5.91 Å². The van der Waals surface area contributed by atoms with Crippen LogP contribution in [0.2, 0.25) is 5.02 Å². The summed E-state index contributed by atoms with van der Waals surface area (Å²) in [4.78, 5) is 23.3. The van der Waals surface area contributed by atoms with Crippen molar-refractivity contribution in [3.05, 3.63) is 83.2 Å². The quantitative estimate of drug-likeness (QED) is 0.320. The number of rotatable bonds is 7. The second-order valence-corrected chi connectivity index (χ2v) is 9.53. The number of carbonyl (C=O) groups is 1. The fraction of sp³-hybridized carbons (Fsp3) is 0.250. The summed E-state index contributed by atoms with van der Waals surface area (Å²) < 4.78 is 7.40. The average molecular weight is 517 g/mol. The van der Waals surface area contributed by atoms with Crippen molar-refractivity contribution >= 4 is 45.7 Å². The highest BCUT2D eigenvalue weighted by Crippen LogP contribution is 2.30. The Balaban J connectivity index is 1.39. The minimum absolute atomic E-state index is 0.254. The van der Waals surface area contributed by atoms with Crippen molar-refractivity contribution in [3.8, 4) is 5.82 Å². The molecule has 1 aliphatic heterocycles. The van der Waals surface area contributed by atoms with E-state index in [1.165, 1.54) is 17.2 Å². The molecular formula is C28H29ClN6O2. The van der Waals surface area contributed by atoms with Gasteiger partial charge in [-0.2, -0.15) is 4.98 Å². The molecule has 8 nitrogen and oxygen atoms in total. The summed E-state index contributed by atoms with van der Waals surface area (Å²) in [7, 11) is 0. The number of morpholine rings is 1. The van der Waals surface area contributed by atoms with Gasteiger partial charge in [0.2, 0.25) is 11.9 Å². The molecule has 1 fully saturated rings. The number of aromatic nitrogens is 3. The van der Waals surface area contributed by atoms with E-state index in [2.05, 4.69) is 52.2 Å². The Morgan fingerprint density at radius 3 is 2.68 bits per heavy atom. The van der Waals surface area contributed by atoms with Gasteiger partial charge in [0.1, 0.15) is 5.02 Å². The predicted molar refractivity (Wildman–Crippen MR) is 148 cm³/mol. The van der Waals surface area contributed by atoms with Crippen molar-refractivity contribution in [1.29, 1.82) is 0 Å². The molecule has 2 aromatic heterocycles. The highest BCUT2D eigenvalue weighted by molar-refractivity contribution is 6.32. The zero-order valence-corrected chi connectivity index (χ0v) is 21.7. The number of carbonyl (C=O) groups excluding carboxylic acids is 1. The smallest absolute Gasteiger partial charge is 0.247 e. The zero-order chi connectivity index (χ0) is 25.9. The molecule has 2 N–H and O–H groups in total. The highest BCUT2D eigenvalue weighted by Gasteiger charge is 2.15. The van der Waals surface area contributed by atoms with E-state index in [1.807, 2.05) is 35.9 Å². The van der Waals surface area contributed by atoms with Gasteiger partial charge in [-0.25, -0.2) is 4.98 Å². The molecule has 1 saturated heterocycles. The minimum atomic E-state index is -0.254. The van der Waals surface area contributed by atoms with Gasteiger partial charge < -0.3 is 15.4 Å². The Morgan fingerprint density at radius 1 is 1.14 bits per heavy atom. The first kappa shape index (κ1) is 25.0. The van der Waals surface area contributed by atoms with Crippen LogP contribution in [0.5, 0.6) is 0 Å². The van der Waals surface area contributed by atoms with E-state index in [0.717, 1.165) is 55.0 Å². The molecule has 9 heteroatoms. The molecule has 4 aromatic rings. The molecule has 0 aliphatic carbocycles. The Hall–Kier alpha value is -3.72. The number of hydrogen-bond donors (Lipinski definition) is 2. The number of nitrogens with one attached hydrogen (secondary N) is 2. The van der Waals surface area contributed by atoms with Gasteiger partial charge >= 0.3 is 0 Å². The van der Waals surface area contributed by atoms with Crippen LogP contribution >= 0.6 is 11.6 Å². The van der Waals surface area contributed by atoms with Crippen LogP contribution in [-0.2, 0) is 16.1 Å². The third-order valence-corrected chi connectivity index (χ3v) is 6.77. The normalized spacial score (nSPS) is 14.0. The SMILES string of the molecule is C=CC(=O)Nc1ccc2c(c1)c(C)cn2-c1nc(Nc2ccc(CN3CCOCC3)c(C)c2)ncc1Cl. The maximum Gasteiger partial charge on any atom is 0.247 e. The van der Waals surface area contributed by atoms with Crippen LogP contribution in [-0.4, -0.2) is 51.6 Å². The molecule has 0 spiro atoms. The van der Waals surface area contributed by atoms with Crippen molar-refractivity contribution in [2.75, 3.05) is 36.9 Å². The molecule has 0 bridgehead atoms. The fourth-order valence-electron chi connectivity index (χ4n) is 4.51. The summed E-state index contributed by atoms with van der Waals surface area (Å²) in [6, 6.07) is 12.0. The minimum Gasteiger partial charge on any atom is -0.379 e. The van der Waals surface area contributed by atoms with Crippen molar-refractivity contribution < 1.29 is 9.53 Å². The number of hydrogen-bond acceptors (Lipinski definition) is 6. The van der Waals surface area contributed by atoms with Crippen LogP contribution in [0.15, 0.2) is 61.4 Å². The molecule has 190 valence electrons. The monoisotopic (exact) mass is 516 g/mol. The number of benzene rings is 2. The van der Waals surface area contributed by atoms with Crippen LogP contribution in [0.1, 0.15) is 16.7 Å². The largest absolute Gasteiger partial charge is 0.379 e. The van der Waals surface area contributed by atoms with Gasteiger partial charge in [-0.15, -0.1) is 0 Å². The summed E-state index contributed by atoms with van der Waals surface area (Å²) in [6.07, 6.45) is 4.83. The van der Waals surface area contributed by atoms with Crippen LogP contribution in [0.25, 0.3) is 16.7 Å². The van der Waals surface area contributed by atoms with Crippen molar-refractivity contribution in [1.82, 2.24) is 19.4 Å². The molecular weight excluding hydrogens is 488 g/mol. The average Bonchev–Trinajstić information content (AvgIpc) is 3.23. The zero-order valence-electron chi connectivity index (χ0n) is 20.9. The number of anilines is 3. The first-order chi connectivity index (χ1) is 17.9. The van der Waals surface area contributed by atoms with Gasteiger partial charge in [0, 0.05) is 42.6 Å². The van der Waals surface area contributed by atoms with E-state index in [0.29, 0.717) is 22.5 Å². The number of nitrogens with zero attached hydrogens (tertiary/aromatic N) is 4. The standard InChI is InChI=1S/C28H29ClN6O2/c1-4-26(36)31-22-7-8-25-23(14-22)19(3)16-35(25)27-24(29)15-30-28(33-27)32-21-6-5-20(18(2)13-21)17-34-9-11-37-12-10-34/h4-8,13-16H,1,9-12,17H2,2-3H3,(H,31,36)(H,30,32,33). The summed E-state index contributed by atoms with van der Waals surface area (Å²) in [5.74, 6) is 0.769. The number of ether oxygens (including phenoxy) is 1. The van der Waals surface area contributed by atoms with E-state index >= 15 is 0 Å². The summed E-state index contributed by atoms with van der Waals surface area (Å²) in [6.45, 7) is 12.0. The maximum atomic E-state index is 11.7. The molecule has 3 heterocycles. The lowest BCUT2D eigenvalue weighted by Crippen LogP contribution is -2.35. The lowest BCUT2D eigenvalue weighted by atomic mass is 10.1. The van der Waals surface area contributed by atoms with Crippen LogP contribution in [0.3, 0.4) is 0 Å². The molecule has 0 saturated carbocycles. The number of halogens is 1. The van der Waals surface area contributed by atoms with Gasteiger partial charge in [0.25, 0.3) is 0 Å². The van der Waals surface area contributed by atoms with Gasteiger partial charge in [0.05, 0.1) is 24.9 Å². The van der Waals surface area contributed by atoms with Gasteiger partial charge in [-0.05, 0) is 66.9 Å². The third-order valence-electron chi connectivity index (χ3n) is 6.51. The first-order valence-electron chi connectivity index (χ1n) is 12.2. The Kier molecular flexibility index (Phi) is 7.23. The Labute approximate surface area is 220 Å². The molecule has 1 aliphatic rings. The van der Waals surface area contributed by atoms with Crippen LogP contribution in [0, 0.1) is 13.8 Å². The molecule has 0 atom stereocenters. The summed E-state index contributed by atoms with van der Waals surface area (Å²) in [5, 5.41) is 7.54. The van der Waals surface area contributed by atoms with E-state index in [1.54, 1.807) is 6.20 Å². The second-order valence-electron chi connectivity index (χ2n) is 9.13. The van der Waals surface area contributed by atoms with E-state index < -0.39 is 0 Å². The van der Waals surface area contributed by atoms with Crippen molar-refractivity contribution in [2.24, 2.45) is 0 Å². The predicted octanol–water partition coefficient (Wildman–Crippen LogP) is 5.39. The van der Waals surface area contributed by atoms with Crippen LogP contribution < -0.4 is 10.6 Å². The lowest BCUT2D eigenvalue weighted by molar-refractivity contribution is -0.111. The molecule has 0 unspecified atom stereocenters. The molecule has 1 amide bonds. The lowest BCUT2D eigenvalue weighted by Gasteiger charge is -2.27. The second kappa shape index (κ2) is 10.7. The molecule has 5 rings (SSSR count). The number of fused-ring (bicyclic) bond motifs is 1. The molecule has 2 aromatic carbocycles. The van der Waals surface area contributed by atoms with E-state index in [9.17, 15) is 4.79 Å². The van der Waals surface area contributed by atoms with Crippen molar-refractivity contribution in [3.63, 3.8) is 0 Å². The Bertz CT molecular complexity index is 1480. The van der Waals surface area contributed by atoms with Gasteiger partial charge in [-0.1, -0.05) is 24.2 Å². The highest BCUT2D eigenvalue weighted by atomic mass is 35.5. The molecule has 0 radical (unpaired) electrons. The maximum absolute atomic E-state index is 11.7. The van der Waals surface area contributed by atoms with Gasteiger partial charge in [-0.3, -0.25) is 14.3 Å². The Morgan fingerprint density at radius 2 is 1.92 bits per heavy atom. The summed E-state index contributed by atoms with van der Waals surface area (Å²) >= 11 is 6.55. The number of amides is 1. The van der Waals surface area contributed by atoms with Gasteiger partial charge in [0.15, 0.2) is 5.82 Å². The third kappa shape index (κ3) is 5.51. The fourth-order valence-corrected chi connectivity index (χ4v) is 4.69.